The molecule has 3 aromatic rings. The largest absolute Gasteiger partial charge is 0.417 e. The van der Waals surface area contributed by atoms with Crippen LogP contribution in [0.2, 0.25) is 0 Å². The van der Waals surface area contributed by atoms with Gasteiger partial charge in [-0.25, -0.2) is 19.3 Å². The van der Waals surface area contributed by atoms with Crippen LogP contribution in [0.25, 0.3) is 11.4 Å². The lowest BCUT2D eigenvalue weighted by Gasteiger charge is -2.41. The first-order valence-corrected chi connectivity index (χ1v) is 12.5. The van der Waals surface area contributed by atoms with Crippen LogP contribution < -0.4 is 4.90 Å². The van der Waals surface area contributed by atoms with Crippen LogP contribution in [-0.4, -0.2) is 50.9 Å². The molecule has 0 radical (unpaired) electrons. The Morgan fingerprint density at radius 3 is 2.46 bits per heavy atom. The number of halogens is 4. The van der Waals surface area contributed by atoms with Gasteiger partial charge in [0, 0.05) is 31.7 Å². The van der Waals surface area contributed by atoms with Gasteiger partial charge >= 0.3 is 6.18 Å². The molecule has 1 aromatic carbocycles. The van der Waals surface area contributed by atoms with Gasteiger partial charge in [0.15, 0.2) is 5.82 Å². The van der Waals surface area contributed by atoms with Gasteiger partial charge in [0.25, 0.3) is 5.91 Å². The molecule has 0 unspecified atom stereocenters. The molecule has 3 heterocycles. The standard InChI is InChI=1S/C27H25F4N5O/c28-20-4-1-3-19(24(20)25-32-9-2-10-33-25)26(37)36-15-17-11-21(22(36)12-17)35(14-16-5-6-16)23-8-7-18(13-34-23)27(29,30)31/h1-4,7-10,13,16-17,21-22H,5-6,11-12,14-15H2/t17-,21-,22+/m1/s1. The molecule has 1 saturated heterocycles. The van der Waals surface area contributed by atoms with E-state index in [2.05, 4.69) is 19.9 Å². The summed E-state index contributed by atoms with van der Waals surface area (Å²) in [6, 6.07) is 8.29. The number of hydrogen-bond donors (Lipinski definition) is 0. The van der Waals surface area contributed by atoms with Gasteiger partial charge < -0.3 is 9.80 Å². The van der Waals surface area contributed by atoms with Gasteiger partial charge in [-0.15, -0.1) is 0 Å². The molecule has 10 heteroatoms. The van der Waals surface area contributed by atoms with Gasteiger partial charge in [-0.2, -0.15) is 13.2 Å². The average Bonchev–Trinajstić information content (AvgIpc) is 3.49. The van der Waals surface area contributed by atoms with E-state index in [1.165, 1.54) is 30.6 Å². The number of benzene rings is 1. The number of pyridine rings is 1. The van der Waals surface area contributed by atoms with Crippen molar-refractivity contribution in [3.63, 3.8) is 0 Å². The Balaban J connectivity index is 1.30. The van der Waals surface area contributed by atoms with Crippen molar-refractivity contribution in [1.29, 1.82) is 0 Å². The van der Waals surface area contributed by atoms with Gasteiger partial charge in [0.1, 0.15) is 11.6 Å². The smallest absolute Gasteiger partial charge is 0.351 e. The molecule has 6 rings (SSSR count). The van der Waals surface area contributed by atoms with E-state index in [-0.39, 0.29) is 40.9 Å². The van der Waals surface area contributed by atoms with E-state index in [1.807, 2.05) is 0 Å². The van der Waals surface area contributed by atoms with Crippen LogP contribution in [0.5, 0.6) is 0 Å². The molecular formula is C27H25F4N5O. The molecule has 0 N–H and O–H groups in total. The first-order chi connectivity index (χ1) is 17.8. The number of amides is 1. The van der Waals surface area contributed by atoms with E-state index >= 15 is 0 Å². The molecule has 2 saturated carbocycles. The molecule has 3 aliphatic rings. The zero-order chi connectivity index (χ0) is 25.7. The average molecular weight is 512 g/mol. The third-order valence-corrected chi connectivity index (χ3v) is 7.66. The molecule has 2 aromatic heterocycles. The maximum atomic E-state index is 14.9. The Kier molecular flexibility index (Phi) is 5.84. The Hall–Kier alpha value is -3.56. The summed E-state index contributed by atoms with van der Waals surface area (Å²) in [7, 11) is 0. The Morgan fingerprint density at radius 1 is 1.03 bits per heavy atom. The van der Waals surface area contributed by atoms with Crippen LogP contribution in [0.4, 0.5) is 23.4 Å². The van der Waals surface area contributed by atoms with E-state index < -0.39 is 17.6 Å². The summed E-state index contributed by atoms with van der Waals surface area (Å²) < 4.78 is 54.3. The van der Waals surface area contributed by atoms with Crippen molar-refractivity contribution in [3.05, 3.63) is 71.9 Å². The molecule has 6 nitrogen and oxygen atoms in total. The Labute approximate surface area is 211 Å². The summed E-state index contributed by atoms with van der Waals surface area (Å²) in [4.78, 5) is 30.2. The molecule has 2 aliphatic carbocycles. The highest BCUT2D eigenvalue weighted by molar-refractivity contribution is 6.00. The predicted octanol–water partition coefficient (Wildman–Crippen LogP) is 5.22. The van der Waals surface area contributed by atoms with Crippen LogP contribution in [0.3, 0.4) is 0 Å². The summed E-state index contributed by atoms with van der Waals surface area (Å²) in [6.45, 7) is 1.25. The number of rotatable bonds is 6. The Bertz CT molecular complexity index is 1300. The van der Waals surface area contributed by atoms with Gasteiger partial charge in [0.2, 0.25) is 0 Å². The van der Waals surface area contributed by atoms with E-state index in [9.17, 15) is 22.4 Å². The van der Waals surface area contributed by atoms with Crippen LogP contribution in [-0.2, 0) is 6.18 Å². The van der Waals surface area contributed by atoms with Crippen molar-refractivity contribution in [1.82, 2.24) is 19.9 Å². The fourth-order valence-electron chi connectivity index (χ4n) is 5.77. The van der Waals surface area contributed by atoms with Crippen molar-refractivity contribution >= 4 is 11.7 Å². The zero-order valence-electron chi connectivity index (χ0n) is 19.9. The minimum absolute atomic E-state index is 0.0717. The number of fused-ring (bicyclic) bond motifs is 2. The third kappa shape index (κ3) is 4.53. The van der Waals surface area contributed by atoms with Gasteiger partial charge in [-0.05, 0) is 67.9 Å². The highest BCUT2D eigenvalue weighted by Crippen LogP contribution is 2.44. The highest BCUT2D eigenvalue weighted by atomic mass is 19.4. The zero-order valence-corrected chi connectivity index (χ0v) is 19.9. The molecule has 3 fully saturated rings. The van der Waals surface area contributed by atoms with Crippen molar-refractivity contribution in [2.75, 3.05) is 18.0 Å². The fourth-order valence-corrected chi connectivity index (χ4v) is 5.77. The number of nitrogens with zero attached hydrogens (tertiary/aromatic N) is 5. The Morgan fingerprint density at radius 2 is 1.81 bits per heavy atom. The summed E-state index contributed by atoms with van der Waals surface area (Å²) in [5, 5.41) is 0. The maximum absolute atomic E-state index is 14.9. The number of piperidine rings is 1. The predicted molar refractivity (Wildman–Crippen MR) is 128 cm³/mol. The molecule has 2 bridgehead atoms. The van der Waals surface area contributed by atoms with Crippen molar-refractivity contribution < 1.29 is 22.4 Å². The topological polar surface area (TPSA) is 62.2 Å². The van der Waals surface area contributed by atoms with Crippen LogP contribution in [0.15, 0.2) is 55.0 Å². The molecule has 192 valence electrons. The fraction of sp³-hybridized carbons (Fsp3) is 0.407. The van der Waals surface area contributed by atoms with Gasteiger partial charge in [-0.3, -0.25) is 4.79 Å². The molecule has 37 heavy (non-hydrogen) atoms. The third-order valence-electron chi connectivity index (χ3n) is 7.66. The van der Waals surface area contributed by atoms with Crippen molar-refractivity contribution in [2.45, 2.75) is 43.9 Å². The second kappa shape index (κ2) is 9.08. The second-order valence-corrected chi connectivity index (χ2v) is 10.2. The normalized spacial score (nSPS) is 22.9. The lowest BCUT2D eigenvalue weighted by atomic mass is 10.00. The van der Waals surface area contributed by atoms with Crippen molar-refractivity contribution in [2.24, 2.45) is 11.8 Å². The highest BCUT2D eigenvalue weighted by Gasteiger charge is 2.50. The number of aromatic nitrogens is 3. The SMILES string of the molecule is O=C(c1cccc(F)c1-c1ncccn1)N1C[C@@H]2C[C@@H](N(CC3CC3)c3ccc(C(F)(F)F)cn3)[C@@H]1C2. The number of likely N-dealkylation sites (tertiary alicyclic amines) is 1. The number of carbonyl (C=O) groups excluding carboxylic acids is 1. The number of hydrogen-bond acceptors (Lipinski definition) is 5. The van der Waals surface area contributed by atoms with Crippen molar-refractivity contribution in [3.8, 4) is 11.4 Å². The van der Waals surface area contributed by atoms with E-state index in [4.69, 9.17) is 0 Å². The minimum Gasteiger partial charge on any atom is -0.351 e. The van der Waals surface area contributed by atoms with Gasteiger partial charge in [0.05, 0.1) is 28.8 Å². The number of carbonyl (C=O) groups is 1. The lowest BCUT2D eigenvalue weighted by molar-refractivity contribution is -0.137. The monoisotopic (exact) mass is 511 g/mol. The van der Waals surface area contributed by atoms with E-state index in [0.717, 1.165) is 37.9 Å². The van der Waals surface area contributed by atoms with Gasteiger partial charge in [-0.1, -0.05) is 6.07 Å². The number of anilines is 1. The van der Waals surface area contributed by atoms with E-state index in [1.54, 1.807) is 17.0 Å². The summed E-state index contributed by atoms with van der Waals surface area (Å²) in [6.07, 6.45) is 3.21. The molecule has 3 atom stereocenters. The lowest BCUT2D eigenvalue weighted by Crippen LogP contribution is -2.53. The first-order valence-electron chi connectivity index (χ1n) is 12.5. The first kappa shape index (κ1) is 23.8. The molecule has 0 spiro atoms. The summed E-state index contributed by atoms with van der Waals surface area (Å²) in [5.41, 5.74) is -0.500. The molecular weight excluding hydrogens is 486 g/mol. The summed E-state index contributed by atoms with van der Waals surface area (Å²) in [5.74, 6) is 0.522. The quantitative estimate of drug-likeness (QED) is 0.425. The van der Waals surface area contributed by atoms with Crippen LogP contribution in [0.1, 0.15) is 41.6 Å². The number of alkyl halides is 3. The van der Waals surface area contributed by atoms with E-state index in [0.29, 0.717) is 24.8 Å². The molecule has 1 amide bonds. The minimum atomic E-state index is -4.45. The molecule has 1 aliphatic heterocycles. The van der Waals surface area contributed by atoms with Crippen LogP contribution in [0, 0.1) is 17.7 Å². The van der Waals surface area contributed by atoms with Crippen LogP contribution >= 0.6 is 0 Å². The maximum Gasteiger partial charge on any atom is 0.417 e. The summed E-state index contributed by atoms with van der Waals surface area (Å²) >= 11 is 0. The second-order valence-electron chi connectivity index (χ2n) is 10.2.